The Bertz CT molecular complexity index is 1450. The van der Waals surface area contributed by atoms with Crippen molar-refractivity contribution in [3.63, 3.8) is 0 Å². The Hall–Kier alpha value is -4.11. The molecule has 164 valence electrons. The van der Waals surface area contributed by atoms with E-state index in [-0.39, 0.29) is 5.91 Å². The van der Waals surface area contributed by atoms with Gasteiger partial charge in [0.2, 0.25) is 16.8 Å². The smallest absolute Gasteiger partial charge is 0.249 e. The van der Waals surface area contributed by atoms with Gasteiger partial charge in [-0.25, -0.2) is 14.5 Å². The quantitative estimate of drug-likeness (QED) is 0.376. The molecule has 0 aliphatic heterocycles. The first kappa shape index (κ1) is 20.8. The van der Waals surface area contributed by atoms with Crippen LogP contribution in [0.2, 0.25) is 0 Å². The monoisotopic (exact) mass is 455 g/mol. The van der Waals surface area contributed by atoms with Gasteiger partial charge in [0.05, 0.1) is 11.4 Å². The van der Waals surface area contributed by atoms with E-state index in [9.17, 15) is 4.79 Å². The van der Waals surface area contributed by atoms with Crippen molar-refractivity contribution < 1.29 is 4.79 Å². The van der Waals surface area contributed by atoms with E-state index in [1.54, 1.807) is 4.52 Å². The van der Waals surface area contributed by atoms with Crippen molar-refractivity contribution in [1.29, 1.82) is 0 Å². The molecule has 0 fully saturated rings. The molecule has 5 rings (SSSR count). The molecule has 33 heavy (non-hydrogen) atoms. The Labute approximate surface area is 194 Å². The maximum atomic E-state index is 11.2. The van der Waals surface area contributed by atoms with E-state index in [2.05, 4.69) is 61.9 Å². The molecule has 3 heterocycles. The van der Waals surface area contributed by atoms with Gasteiger partial charge >= 0.3 is 0 Å². The summed E-state index contributed by atoms with van der Waals surface area (Å²) < 4.78 is 1.80. The summed E-state index contributed by atoms with van der Waals surface area (Å²) in [5.41, 5.74) is 5.72. The highest BCUT2D eigenvalue weighted by Crippen LogP contribution is 2.28. The van der Waals surface area contributed by atoms with Gasteiger partial charge in [0, 0.05) is 35.2 Å². The summed E-state index contributed by atoms with van der Waals surface area (Å²) in [5, 5.41) is 12.6. The molecule has 0 saturated heterocycles. The predicted octanol–water partition coefficient (Wildman–Crippen LogP) is 5.23. The summed E-state index contributed by atoms with van der Waals surface area (Å²) in [4.78, 5) is 25.7. The normalized spacial score (nSPS) is 11.0. The summed E-state index contributed by atoms with van der Waals surface area (Å²) in [7, 11) is 0. The molecule has 0 spiro atoms. The van der Waals surface area contributed by atoms with E-state index >= 15 is 0 Å². The number of nitrogens with one attached hydrogen (secondary N) is 2. The molecule has 0 atom stereocenters. The molecule has 5 aromatic rings. The second kappa shape index (κ2) is 8.44. The number of nitrogens with zero attached hydrogens (tertiary/aromatic N) is 5. The van der Waals surface area contributed by atoms with Gasteiger partial charge in [-0.1, -0.05) is 42.0 Å². The van der Waals surface area contributed by atoms with Crippen LogP contribution in [0.3, 0.4) is 0 Å². The highest BCUT2D eigenvalue weighted by Gasteiger charge is 2.13. The number of benzene rings is 2. The van der Waals surface area contributed by atoms with Gasteiger partial charge in [0.25, 0.3) is 0 Å². The van der Waals surface area contributed by atoms with Crippen LogP contribution in [0.4, 0.5) is 17.5 Å². The first-order valence-corrected chi connectivity index (χ1v) is 11.2. The molecule has 2 aromatic carbocycles. The Morgan fingerprint density at radius 1 is 0.939 bits per heavy atom. The summed E-state index contributed by atoms with van der Waals surface area (Å²) >= 11 is 1.51. The molecule has 0 bridgehead atoms. The number of anilines is 3. The zero-order valence-electron chi connectivity index (χ0n) is 18.3. The lowest BCUT2D eigenvalue weighted by molar-refractivity contribution is -0.114. The zero-order valence-corrected chi connectivity index (χ0v) is 19.1. The molecular formula is C24H21N7OS. The number of rotatable bonds is 5. The first-order chi connectivity index (χ1) is 15.9. The van der Waals surface area contributed by atoms with Crippen LogP contribution in [0, 0.1) is 13.8 Å². The van der Waals surface area contributed by atoms with Crippen LogP contribution >= 0.6 is 11.3 Å². The second-order valence-corrected chi connectivity index (χ2v) is 8.52. The average Bonchev–Trinajstić information content (AvgIpc) is 3.34. The van der Waals surface area contributed by atoms with Gasteiger partial charge in [-0.05, 0) is 26.0 Å². The standard InChI is InChI=1S/C24H21N7OS/c1-14-4-6-17(7-5-14)20-12-22(26-15(2)25-20)28-23-29-24-31(30-23)21(13-33-24)18-8-10-19(11-9-18)27-16(3)32/h4-13H,1-3H3,(H,27,32)(H,25,26,28,30). The third-order valence-corrected chi connectivity index (χ3v) is 5.82. The highest BCUT2D eigenvalue weighted by molar-refractivity contribution is 7.15. The minimum Gasteiger partial charge on any atom is -0.326 e. The molecule has 3 aromatic heterocycles. The maximum absolute atomic E-state index is 11.2. The van der Waals surface area contributed by atoms with E-state index in [1.807, 2.05) is 42.6 Å². The number of fused-ring (bicyclic) bond motifs is 1. The number of carbonyl (C=O) groups is 1. The molecule has 0 unspecified atom stereocenters. The number of amides is 1. The molecule has 1 amide bonds. The van der Waals surface area contributed by atoms with E-state index in [1.165, 1.54) is 23.8 Å². The van der Waals surface area contributed by atoms with Crippen LogP contribution in [-0.4, -0.2) is 30.5 Å². The van der Waals surface area contributed by atoms with Crippen molar-refractivity contribution in [2.45, 2.75) is 20.8 Å². The van der Waals surface area contributed by atoms with Gasteiger partial charge in [-0.2, -0.15) is 4.98 Å². The molecule has 2 N–H and O–H groups in total. The third kappa shape index (κ3) is 4.44. The molecule has 0 saturated carbocycles. The van der Waals surface area contributed by atoms with Crippen LogP contribution in [0.15, 0.2) is 60.0 Å². The molecule has 0 aliphatic rings. The van der Waals surface area contributed by atoms with Crippen molar-refractivity contribution in [3.8, 4) is 22.5 Å². The lowest BCUT2D eigenvalue weighted by Gasteiger charge is -2.07. The molecule has 0 radical (unpaired) electrons. The Morgan fingerprint density at radius 2 is 1.67 bits per heavy atom. The van der Waals surface area contributed by atoms with Crippen molar-refractivity contribution in [2.75, 3.05) is 10.6 Å². The van der Waals surface area contributed by atoms with Crippen LogP contribution < -0.4 is 10.6 Å². The lowest BCUT2D eigenvalue weighted by Crippen LogP contribution is -2.05. The summed E-state index contributed by atoms with van der Waals surface area (Å²) in [5.74, 6) is 1.66. The van der Waals surface area contributed by atoms with Crippen LogP contribution in [0.5, 0.6) is 0 Å². The molecule has 9 heteroatoms. The van der Waals surface area contributed by atoms with Gasteiger partial charge in [-0.3, -0.25) is 4.79 Å². The minimum absolute atomic E-state index is 0.0989. The number of carbonyl (C=O) groups excluding carboxylic acids is 1. The fourth-order valence-electron chi connectivity index (χ4n) is 3.48. The summed E-state index contributed by atoms with van der Waals surface area (Å²) in [6, 6.07) is 17.8. The lowest BCUT2D eigenvalue weighted by atomic mass is 10.1. The van der Waals surface area contributed by atoms with Gasteiger partial charge in [-0.15, -0.1) is 16.4 Å². The number of hydrogen-bond donors (Lipinski definition) is 2. The fourth-order valence-corrected chi connectivity index (χ4v) is 4.31. The predicted molar refractivity (Wildman–Crippen MR) is 131 cm³/mol. The number of aryl methyl sites for hydroxylation is 2. The van der Waals surface area contributed by atoms with Crippen molar-refractivity contribution >= 4 is 39.7 Å². The van der Waals surface area contributed by atoms with Crippen molar-refractivity contribution in [1.82, 2.24) is 24.6 Å². The molecule has 8 nitrogen and oxygen atoms in total. The third-order valence-electron chi connectivity index (χ3n) is 5.01. The number of hydrogen-bond acceptors (Lipinski definition) is 7. The van der Waals surface area contributed by atoms with Crippen molar-refractivity contribution in [3.05, 3.63) is 71.4 Å². The first-order valence-electron chi connectivity index (χ1n) is 10.4. The average molecular weight is 456 g/mol. The number of thiazole rings is 1. The highest BCUT2D eigenvalue weighted by atomic mass is 32.1. The van der Waals surface area contributed by atoms with Gasteiger partial charge in [0.15, 0.2) is 0 Å². The van der Waals surface area contributed by atoms with E-state index in [0.29, 0.717) is 17.6 Å². The van der Waals surface area contributed by atoms with Crippen LogP contribution in [0.25, 0.3) is 27.5 Å². The minimum atomic E-state index is -0.0989. The van der Waals surface area contributed by atoms with Gasteiger partial charge < -0.3 is 10.6 Å². The van der Waals surface area contributed by atoms with Gasteiger partial charge in [0.1, 0.15) is 11.6 Å². The SMILES string of the molecule is CC(=O)Nc1ccc(-c2csc3nc(Nc4cc(-c5ccc(C)cc5)nc(C)n4)nn23)cc1. The van der Waals surface area contributed by atoms with Crippen molar-refractivity contribution in [2.24, 2.45) is 0 Å². The van der Waals surface area contributed by atoms with Crippen LogP contribution in [0.1, 0.15) is 18.3 Å². The molecule has 0 aliphatic carbocycles. The Morgan fingerprint density at radius 3 is 2.39 bits per heavy atom. The Kier molecular flexibility index (Phi) is 5.31. The number of aromatic nitrogens is 5. The zero-order chi connectivity index (χ0) is 22.9. The topological polar surface area (TPSA) is 97.1 Å². The molecular weight excluding hydrogens is 434 g/mol. The largest absolute Gasteiger partial charge is 0.326 e. The summed E-state index contributed by atoms with van der Waals surface area (Å²) in [6.07, 6.45) is 0. The van der Waals surface area contributed by atoms with E-state index < -0.39 is 0 Å². The maximum Gasteiger partial charge on any atom is 0.249 e. The Balaban J connectivity index is 1.42. The fraction of sp³-hybridized carbons (Fsp3) is 0.125. The van der Waals surface area contributed by atoms with E-state index in [4.69, 9.17) is 0 Å². The summed E-state index contributed by atoms with van der Waals surface area (Å²) in [6.45, 7) is 5.41. The second-order valence-electron chi connectivity index (χ2n) is 7.69. The van der Waals surface area contributed by atoms with Crippen LogP contribution in [-0.2, 0) is 4.79 Å². The van der Waals surface area contributed by atoms with E-state index in [0.717, 1.165) is 33.2 Å².